The lowest BCUT2D eigenvalue weighted by atomic mass is 10.0. The molecule has 0 aliphatic carbocycles. The fraction of sp³-hybridized carbons (Fsp3) is 0.435. The number of aromatic nitrogens is 1. The number of carboxylic acids is 2. The first-order valence-corrected chi connectivity index (χ1v) is 11.2. The van der Waals surface area contributed by atoms with Crippen molar-refractivity contribution in [2.45, 2.75) is 56.8 Å². The Bertz CT molecular complexity index is 1130. The van der Waals surface area contributed by atoms with Gasteiger partial charge >= 0.3 is 11.9 Å². The Morgan fingerprint density at radius 3 is 2.54 bits per heavy atom. The number of nitrogens with one attached hydrogen (secondary N) is 3. The zero-order valence-electron chi connectivity index (χ0n) is 19.2. The smallest absolute Gasteiger partial charge is 0.326 e. The first-order chi connectivity index (χ1) is 16.6. The highest BCUT2D eigenvalue weighted by Crippen LogP contribution is 2.19. The standard InChI is InChI=1S/C23H29N5O7/c1-12(22(33)28-8-4-7-18(28)23(34)35)26-21(32)17(10-19(29)30)27-20(31)15(24)9-13-11-25-16-6-3-2-5-14(13)16/h2-3,5-6,11-12,15,17-18,25H,4,7-10,24H2,1H3,(H,26,32)(H,27,31)(H,29,30)(H,34,35). The maximum atomic E-state index is 12.8. The molecule has 4 unspecified atom stereocenters. The van der Waals surface area contributed by atoms with Crippen LogP contribution in [0.3, 0.4) is 0 Å². The second-order valence-electron chi connectivity index (χ2n) is 8.59. The van der Waals surface area contributed by atoms with E-state index in [0.29, 0.717) is 12.8 Å². The van der Waals surface area contributed by atoms with Crippen LogP contribution in [0.1, 0.15) is 31.7 Å². The average molecular weight is 488 g/mol. The lowest BCUT2D eigenvalue weighted by molar-refractivity contribution is -0.149. The monoisotopic (exact) mass is 487 g/mol. The predicted molar refractivity (Wildman–Crippen MR) is 124 cm³/mol. The summed E-state index contributed by atoms with van der Waals surface area (Å²) in [6.45, 7) is 1.62. The molecule has 0 bridgehead atoms. The van der Waals surface area contributed by atoms with Gasteiger partial charge in [0.25, 0.3) is 0 Å². The Morgan fingerprint density at radius 1 is 1.14 bits per heavy atom. The number of para-hydroxylation sites is 1. The second kappa shape index (κ2) is 11.0. The number of likely N-dealkylation sites (tertiary alicyclic amines) is 1. The number of hydrogen-bond donors (Lipinski definition) is 6. The first kappa shape index (κ1) is 25.7. The maximum Gasteiger partial charge on any atom is 0.326 e. The third-order valence-electron chi connectivity index (χ3n) is 6.01. The predicted octanol–water partition coefficient (Wildman–Crippen LogP) is -0.422. The minimum absolute atomic E-state index is 0.150. The summed E-state index contributed by atoms with van der Waals surface area (Å²) >= 11 is 0. The fourth-order valence-electron chi connectivity index (χ4n) is 4.20. The molecule has 2 aromatic rings. The third-order valence-corrected chi connectivity index (χ3v) is 6.01. The molecule has 3 rings (SSSR count). The van der Waals surface area contributed by atoms with E-state index in [-0.39, 0.29) is 13.0 Å². The van der Waals surface area contributed by atoms with Gasteiger partial charge in [-0.15, -0.1) is 0 Å². The highest BCUT2D eigenvalue weighted by molar-refractivity contribution is 5.96. The van der Waals surface area contributed by atoms with Crippen LogP contribution in [0, 0.1) is 0 Å². The van der Waals surface area contributed by atoms with Crippen LogP contribution < -0.4 is 16.4 Å². The van der Waals surface area contributed by atoms with Crippen LogP contribution >= 0.6 is 0 Å². The number of aromatic amines is 1. The van der Waals surface area contributed by atoms with E-state index in [9.17, 15) is 34.2 Å². The van der Waals surface area contributed by atoms with Crippen LogP contribution in [0.4, 0.5) is 0 Å². The van der Waals surface area contributed by atoms with E-state index in [1.165, 1.54) is 11.8 Å². The Kier molecular flexibility index (Phi) is 8.07. The molecule has 12 nitrogen and oxygen atoms in total. The molecule has 3 amide bonds. The number of carboxylic acid groups (broad SMARTS) is 2. The van der Waals surface area contributed by atoms with Gasteiger partial charge in [0.1, 0.15) is 18.1 Å². The largest absolute Gasteiger partial charge is 0.481 e. The summed E-state index contributed by atoms with van der Waals surface area (Å²) in [6, 6.07) is 2.84. The van der Waals surface area contributed by atoms with Gasteiger partial charge in [-0.25, -0.2) is 4.79 Å². The molecule has 1 fully saturated rings. The minimum atomic E-state index is -1.47. The van der Waals surface area contributed by atoms with Crippen molar-refractivity contribution in [3.63, 3.8) is 0 Å². The number of aliphatic carboxylic acids is 2. The van der Waals surface area contributed by atoms with E-state index < -0.39 is 60.2 Å². The van der Waals surface area contributed by atoms with E-state index in [1.807, 2.05) is 24.3 Å². The molecule has 1 aliphatic rings. The van der Waals surface area contributed by atoms with Crippen molar-refractivity contribution < 1.29 is 34.2 Å². The molecule has 2 heterocycles. The molecule has 1 aliphatic heterocycles. The van der Waals surface area contributed by atoms with Crippen LogP contribution in [0.2, 0.25) is 0 Å². The molecule has 35 heavy (non-hydrogen) atoms. The molecule has 0 radical (unpaired) electrons. The topological polar surface area (TPSA) is 195 Å². The van der Waals surface area contributed by atoms with Gasteiger partial charge in [-0.3, -0.25) is 19.2 Å². The van der Waals surface area contributed by atoms with E-state index >= 15 is 0 Å². The SMILES string of the molecule is CC(NC(=O)C(CC(=O)O)NC(=O)C(N)Cc1c[nH]c2ccccc12)C(=O)N1CCCC1C(=O)O. The highest BCUT2D eigenvalue weighted by atomic mass is 16.4. The molecule has 1 aromatic carbocycles. The zero-order chi connectivity index (χ0) is 25.7. The number of benzene rings is 1. The van der Waals surface area contributed by atoms with Gasteiger partial charge in [-0.2, -0.15) is 0 Å². The van der Waals surface area contributed by atoms with Gasteiger partial charge in [0.2, 0.25) is 17.7 Å². The first-order valence-electron chi connectivity index (χ1n) is 11.2. The maximum absolute atomic E-state index is 12.8. The normalized spacial score (nSPS) is 18.0. The summed E-state index contributed by atoms with van der Waals surface area (Å²) in [6.07, 6.45) is 2.00. The van der Waals surface area contributed by atoms with E-state index in [0.717, 1.165) is 16.5 Å². The van der Waals surface area contributed by atoms with Crippen molar-refractivity contribution in [2.75, 3.05) is 6.54 Å². The summed E-state index contributed by atoms with van der Waals surface area (Å²) < 4.78 is 0. The minimum Gasteiger partial charge on any atom is -0.481 e. The zero-order valence-corrected chi connectivity index (χ0v) is 19.2. The average Bonchev–Trinajstić information content (AvgIpc) is 3.45. The molecule has 1 aromatic heterocycles. The number of carbonyl (C=O) groups excluding carboxylic acids is 3. The van der Waals surface area contributed by atoms with Crippen molar-refractivity contribution in [3.8, 4) is 0 Å². The molecule has 0 spiro atoms. The number of nitrogens with two attached hydrogens (primary N) is 1. The summed E-state index contributed by atoms with van der Waals surface area (Å²) in [5.74, 6) is -4.66. The molecule has 12 heteroatoms. The molecule has 188 valence electrons. The van der Waals surface area contributed by atoms with Crippen molar-refractivity contribution in [1.29, 1.82) is 0 Å². The van der Waals surface area contributed by atoms with Crippen LogP contribution in [0.25, 0.3) is 10.9 Å². The fourth-order valence-corrected chi connectivity index (χ4v) is 4.20. The van der Waals surface area contributed by atoms with Crippen LogP contribution in [0.15, 0.2) is 30.5 Å². The molecular weight excluding hydrogens is 458 g/mol. The van der Waals surface area contributed by atoms with Gasteiger partial charge in [0.15, 0.2) is 0 Å². The van der Waals surface area contributed by atoms with Crippen LogP contribution in [-0.4, -0.2) is 80.5 Å². The number of fused-ring (bicyclic) bond motifs is 1. The number of nitrogens with zero attached hydrogens (tertiary/aromatic N) is 1. The van der Waals surface area contributed by atoms with Gasteiger partial charge < -0.3 is 36.5 Å². The summed E-state index contributed by atoms with van der Waals surface area (Å²) in [5, 5.41) is 24.1. The van der Waals surface area contributed by atoms with Gasteiger partial charge in [0.05, 0.1) is 12.5 Å². The Balaban J connectivity index is 1.63. The number of amides is 3. The van der Waals surface area contributed by atoms with Crippen molar-refractivity contribution in [3.05, 3.63) is 36.0 Å². The van der Waals surface area contributed by atoms with Crippen LogP contribution in [0.5, 0.6) is 0 Å². The van der Waals surface area contributed by atoms with Gasteiger partial charge in [0, 0.05) is 23.6 Å². The molecule has 4 atom stereocenters. The van der Waals surface area contributed by atoms with Crippen molar-refractivity contribution >= 4 is 40.6 Å². The van der Waals surface area contributed by atoms with Crippen molar-refractivity contribution in [1.82, 2.24) is 20.5 Å². The number of carbonyl (C=O) groups is 5. The molecule has 7 N–H and O–H groups in total. The number of H-pyrrole nitrogens is 1. The third kappa shape index (κ3) is 6.15. The lowest BCUT2D eigenvalue weighted by Crippen LogP contribution is -2.57. The van der Waals surface area contributed by atoms with Gasteiger partial charge in [-0.05, 0) is 37.8 Å². The van der Waals surface area contributed by atoms with Crippen LogP contribution in [-0.2, 0) is 30.4 Å². The van der Waals surface area contributed by atoms with E-state index in [2.05, 4.69) is 15.6 Å². The van der Waals surface area contributed by atoms with Gasteiger partial charge in [-0.1, -0.05) is 18.2 Å². The summed E-state index contributed by atoms with van der Waals surface area (Å²) in [4.78, 5) is 65.0. The Labute approximate surface area is 200 Å². The number of hydrogen-bond acceptors (Lipinski definition) is 6. The second-order valence-corrected chi connectivity index (χ2v) is 8.59. The molecular formula is C23H29N5O7. The van der Waals surface area contributed by atoms with Crippen molar-refractivity contribution in [2.24, 2.45) is 5.73 Å². The quantitative estimate of drug-likeness (QED) is 0.260. The Morgan fingerprint density at radius 2 is 1.86 bits per heavy atom. The number of rotatable bonds is 10. The van der Waals surface area contributed by atoms with E-state index in [1.54, 1.807) is 6.20 Å². The molecule has 1 saturated heterocycles. The van der Waals surface area contributed by atoms with E-state index in [4.69, 9.17) is 5.73 Å². The summed E-state index contributed by atoms with van der Waals surface area (Å²) in [7, 11) is 0. The highest BCUT2D eigenvalue weighted by Gasteiger charge is 2.37. The molecule has 0 saturated carbocycles. The lowest BCUT2D eigenvalue weighted by Gasteiger charge is -2.26. The summed E-state index contributed by atoms with van der Waals surface area (Å²) in [5.41, 5.74) is 7.70. The Hall–Kier alpha value is -3.93.